The maximum Gasteiger partial charge on any atom is 0.243 e. The molecule has 1 aliphatic rings. The lowest BCUT2D eigenvalue weighted by molar-refractivity contribution is -0.130. The van der Waals surface area contributed by atoms with E-state index >= 15 is 0 Å². The summed E-state index contributed by atoms with van der Waals surface area (Å²) < 4.78 is 39.8. The van der Waals surface area contributed by atoms with Gasteiger partial charge >= 0.3 is 0 Å². The van der Waals surface area contributed by atoms with E-state index in [1.807, 2.05) is 6.07 Å². The number of carbonyl (C=O) groups excluding carboxylic acids is 1. The van der Waals surface area contributed by atoms with Gasteiger partial charge in [-0.3, -0.25) is 9.10 Å². The van der Waals surface area contributed by atoms with E-state index in [1.54, 1.807) is 48.2 Å². The molecule has 27 heavy (non-hydrogen) atoms. The molecular weight excluding hydrogens is 367 g/mol. The zero-order valence-corrected chi connectivity index (χ0v) is 16.2. The van der Waals surface area contributed by atoms with Crippen LogP contribution in [0.3, 0.4) is 0 Å². The van der Waals surface area contributed by atoms with Crippen molar-refractivity contribution in [2.75, 3.05) is 17.1 Å². The Morgan fingerprint density at radius 1 is 1.11 bits per heavy atom. The highest BCUT2D eigenvalue weighted by molar-refractivity contribution is 7.92. The van der Waals surface area contributed by atoms with E-state index in [1.165, 1.54) is 6.07 Å². The molecule has 0 radical (unpaired) electrons. The Morgan fingerprint density at radius 2 is 1.74 bits per heavy atom. The summed E-state index contributed by atoms with van der Waals surface area (Å²) in [6.07, 6.45) is 2.79. The molecular formula is C20H23FN2O3S. The highest BCUT2D eigenvalue weighted by Gasteiger charge is 2.35. The van der Waals surface area contributed by atoms with Gasteiger partial charge in [-0.2, -0.15) is 0 Å². The van der Waals surface area contributed by atoms with Gasteiger partial charge < -0.3 is 4.90 Å². The molecule has 3 rings (SSSR count). The molecule has 1 saturated carbocycles. The first-order valence-electron chi connectivity index (χ1n) is 8.83. The van der Waals surface area contributed by atoms with Crippen LogP contribution in [0.15, 0.2) is 48.5 Å². The molecule has 2 aromatic carbocycles. The first-order valence-corrected chi connectivity index (χ1v) is 10.7. The molecule has 7 heteroatoms. The zero-order valence-electron chi connectivity index (χ0n) is 15.4. The van der Waals surface area contributed by atoms with Crippen LogP contribution in [0.25, 0.3) is 0 Å². The van der Waals surface area contributed by atoms with Crippen molar-refractivity contribution >= 4 is 21.6 Å². The second kappa shape index (κ2) is 7.68. The number of carbonyl (C=O) groups is 1. The molecule has 0 aliphatic heterocycles. The average Bonchev–Trinajstić information content (AvgIpc) is 3.43. The van der Waals surface area contributed by atoms with Crippen molar-refractivity contribution in [3.05, 3.63) is 65.5 Å². The quantitative estimate of drug-likeness (QED) is 0.730. The summed E-state index contributed by atoms with van der Waals surface area (Å²) in [6, 6.07) is 13.4. The monoisotopic (exact) mass is 390 g/mol. The number of sulfonamides is 1. The standard InChI is InChI=1S/C20H23FN2O3S/c1-15-7-3-6-10-19(15)23(27(2,25)26)14-20(24)22(17-11-12-17)13-16-8-4-5-9-18(16)21/h3-10,17H,11-14H2,1-2H3. The maximum atomic E-state index is 14.0. The van der Waals surface area contributed by atoms with Gasteiger partial charge in [-0.15, -0.1) is 0 Å². The molecule has 1 aliphatic carbocycles. The first-order chi connectivity index (χ1) is 12.8. The number of anilines is 1. The Balaban J connectivity index is 1.85. The van der Waals surface area contributed by atoms with Gasteiger partial charge in [0.1, 0.15) is 12.4 Å². The van der Waals surface area contributed by atoms with E-state index in [9.17, 15) is 17.6 Å². The summed E-state index contributed by atoms with van der Waals surface area (Å²) in [5.74, 6) is -0.691. The Kier molecular flexibility index (Phi) is 5.51. The van der Waals surface area contributed by atoms with Crippen LogP contribution in [0.1, 0.15) is 24.0 Å². The summed E-state index contributed by atoms with van der Waals surface area (Å²) in [6.45, 7) is 1.65. The maximum absolute atomic E-state index is 14.0. The number of hydrogen-bond acceptors (Lipinski definition) is 3. The van der Waals surface area contributed by atoms with Crippen molar-refractivity contribution in [3.8, 4) is 0 Å². The summed E-state index contributed by atoms with van der Waals surface area (Å²) in [5, 5.41) is 0. The Labute approximate surface area is 159 Å². The topological polar surface area (TPSA) is 57.7 Å². The van der Waals surface area contributed by atoms with E-state index in [0.29, 0.717) is 11.3 Å². The molecule has 0 heterocycles. The van der Waals surface area contributed by atoms with Crippen LogP contribution in [-0.4, -0.2) is 38.1 Å². The average molecular weight is 390 g/mol. The van der Waals surface area contributed by atoms with Crippen molar-refractivity contribution in [1.82, 2.24) is 4.90 Å². The van der Waals surface area contributed by atoms with Gasteiger partial charge in [0.2, 0.25) is 15.9 Å². The molecule has 1 fully saturated rings. The van der Waals surface area contributed by atoms with E-state index < -0.39 is 10.0 Å². The van der Waals surface area contributed by atoms with E-state index in [2.05, 4.69) is 0 Å². The van der Waals surface area contributed by atoms with Crippen molar-refractivity contribution in [1.29, 1.82) is 0 Å². The van der Waals surface area contributed by atoms with Crippen molar-refractivity contribution in [2.45, 2.75) is 32.4 Å². The van der Waals surface area contributed by atoms with E-state index in [0.717, 1.165) is 29.0 Å². The van der Waals surface area contributed by atoms with Gasteiger partial charge in [0.05, 0.1) is 11.9 Å². The van der Waals surface area contributed by atoms with E-state index in [4.69, 9.17) is 0 Å². The minimum absolute atomic E-state index is 0.0374. The van der Waals surface area contributed by atoms with Gasteiger partial charge in [0, 0.05) is 18.2 Å². The summed E-state index contributed by atoms with van der Waals surface area (Å²) >= 11 is 0. The third-order valence-corrected chi connectivity index (χ3v) is 5.80. The van der Waals surface area contributed by atoms with Crippen molar-refractivity contribution in [2.24, 2.45) is 0 Å². The van der Waals surface area contributed by atoms with Crippen LogP contribution in [0.5, 0.6) is 0 Å². The van der Waals surface area contributed by atoms with Crippen LogP contribution < -0.4 is 4.31 Å². The number of amides is 1. The molecule has 0 saturated heterocycles. The van der Waals surface area contributed by atoms with Crippen molar-refractivity contribution in [3.63, 3.8) is 0 Å². The third kappa shape index (κ3) is 4.66. The summed E-state index contributed by atoms with van der Waals surface area (Å²) in [4.78, 5) is 14.6. The molecule has 144 valence electrons. The number of nitrogens with zero attached hydrogens (tertiary/aromatic N) is 2. The van der Waals surface area contributed by atoms with Gasteiger partial charge in [-0.05, 0) is 37.5 Å². The highest BCUT2D eigenvalue weighted by Crippen LogP contribution is 2.30. The fourth-order valence-electron chi connectivity index (χ4n) is 3.06. The first kappa shape index (κ1) is 19.4. The number of halogens is 1. The van der Waals surface area contributed by atoms with Gasteiger partial charge in [0.15, 0.2) is 0 Å². The van der Waals surface area contributed by atoms with Crippen molar-refractivity contribution < 1.29 is 17.6 Å². The van der Waals surface area contributed by atoms with Gasteiger partial charge in [-0.25, -0.2) is 12.8 Å². The predicted molar refractivity (Wildman–Crippen MR) is 103 cm³/mol. The number of benzene rings is 2. The lowest BCUT2D eigenvalue weighted by Gasteiger charge is -2.28. The predicted octanol–water partition coefficient (Wildman–Crippen LogP) is 3.09. The minimum Gasteiger partial charge on any atom is -0.334 e. The lowest BCUT2D eigenvalue weighted by Crippen LogP contribution is -2.43. The number of hydrogen-bond donors (Lipinski definition) is 0. The fourth-order valence-corrected chi connectivity index (χ4v) is 3.96. The van der Waals surface area contributed by atoms with E-state index in [-0.39, 0.29) is 30.9 Å². The number of para-hydroxylation sites is 1. The Morgan fingerprint density at radius 3 is 2.33 bits per heavy atom. The van der Waals surface area contributed by atoms with Crippen LogP contribution >= 0.6 is 0 Å². The molecule has 2 aromatic rings. The van der Waals surface area contributed by atoms with Crippen LogP contribution in [-0.2, 0) is 21.4 Å². The normalized spacial score (nSPS) is 14.0. The second-order valence-corrected chi connectivity index (χ2v) is 8.81. The van der Waals surface area contributed by atoms with Crippen LogP contribution in [0.2, 0.25) is 0 Å². The van der Waals surface area contributed by atoms with Crippen LogP contribution in [0.4, 0.5) is 10.1 Å². The second-order valence-electron chi connectivity index (χ2n) is 6.90. The molecule has 0 atom stereocenters. The zero-order chi connectivity index (χ0) is 19.6. The third-order valence-electron chi connectivity index (χ3n) is 4.67. The Bertz CT molecular complexity index is 942. The molecule has 0 bridgehead atoms. The highest BCUT2D eigenvalue weighted by atomic mass is 32.2. The minimum atomic E-state index is -3.64. The van der Waals surface area contributed by atoms with Gasteiger partial charge in [0.25, 0.3) is 0 Å². The molecule has 0 N–H and O–H groups in total. The molecule has 0 spiro atoms. The Hall–Kier alpha value is -2.41. The fraction of sp³-hybridized carbons (Fsp3) is 0.350. The molecule has 1 amide bonds. The smallest absolute Gasteiger partial charge is 0.243 e. The SMILES string of the molecule is Cc1ccccc1N(CC(=O)N(Cc1ccccc1F)C1CC1)S(C)(=O)=O. The largest absolute Gasteiger partial charge is 0.334 e. The molecule has 5 nitrogen and oxygen atoms in total. The summed E-state index contributed by atoms with van der Waals surface area (Å²) in [7, 11) is -3.64. The molecule has 0 aromatic heterocycles. The number of rotatable bonds is 7. The lowest BCUT2D eigenvalue weighted by atomic mass is 10.2. The number of aryl methyl sites for hydroxylation is 1. The van der Waals surface area contributed by atoms with Crippen LogP contribution in [0, 0.1) is 12.7 Å². The summed E-state index contributed by atoms with van der Waals surface area (Å²) in [5.41, 5.74) is 1.68. The molecule has 0 unspecified atom stereocenters. The van der Waals surface area contributed by atoms with Gasteiger partial charge in [-0.1, -0.05) is 36.4 Å².